The second-order valence-electron chi connectivity index (χ2n) is 6.16. The molecule has 6 nitrogen and oxygen atoms in total. The van der Waals surface area contributed by atoms with E-state index in [1.54, 1.807) is 0 Å². The Bertz CT molecular complexity index is 775. The van der Waals surface area contributed by atoms with Crippen LogP contribution in [0.4, 0.5) is 23.7 Å². The van der Waals surface area contributed by atoms with Crippen LogP contribution < -0.4 is 5.32 Å². The number of hydrogen-bond donors (Lipinski definition) is 1. The predicted octanol–water partition coefficient (Wildman–Crippen LogP) is 4.06. The van der Waals surface area contributed by atoms with Gasteiger partial charge in [0.15, 0.2) is 5.82 Å². The number of carbonyl (C=O) groups is 1. The zero-order valence-corrected chi connectivity index (χ0v) is 14.2. The Morgan fingerprint density at radius 3 is 2.85 bits per heavy atom. The first-order valence-electron chi connectivity index (χ1n) is 8.43. The average Bonchev–Trinajstić information content (AvgIpc) is 3.10. The molecule has 2 aromatic rings. The quantitative estimate of drug-likeness (QED) is 0.887. The molecule has 2 heterocycles. The van der Waals surface area contributed by atoms with Gasteiger partial charge >= 0.3 is 12.2 Å². The highest BCUT2D eigenvalue weighted by Gasteiger charge is 2.34. The van der Waals surface area contributed by atoms with Gasteiger partial charge in [-0.1, -0.05) is 24.2 Å². The SMILES string of the molecule is CCc1nc([C@H]2CCCN(C(=O)Nc3ccccc3C(F)(F)F)C2)no1. The molecule has 0 unspecified atom stereocenters. The van der Waals surface area contributed by atoms with Crippen LogP contribution in [-0.2, 0) is 12.6 Å². The Labute approximate surface area is 148 Å². The number of carbonyl (C=O) groups excluding carboxylic acids is 1. The standard InChI is InChI=1S/C17H19F3N4O2/c1-2-14-22-15(23-26-14)11-6-5-9-24(10-11)16(25)21-13-8-4-3-7-12(13)17(18,19)20/h3-4,7-8,11H,2,5-6,9-10H2,1H3,(H,21,25)/t11-/m0/s1. The highest BCUT2D eigenvalue weighted by Crippen LogP contribution is 2.35. The molecule has 1 N–H and O–H groups in total. The topological polar surface area (TPSA) is 71.3 Å². The van der Waals surface area contributed by atoms with Crippen LogP contribution in [-0.4, -0.2) is 34.2 Å². The summed E-state index contributed by atoms with van der Waals surface area (Å²) in [4.78, 5) is 18.2. The van der Waals surface area contributed by atoms with Crippen molar-refractivity contribution in [1.82, 2.24) is 15.0 Å². The number of halogens is 3. The van der Waals surface area contributed by atoms with Crippen molar-refractivity contribution in [2.45, 2.75) is 38.3 Å². The van der Waals surface area contributed by atoms with E-state index in [2.05, 4.69) is 15.5 Å². The number of aryl methyl sites for hydroxylation is 1. The van der Waals surface area contributed by atoms with Gasteiger partial charge in [-0.25, -0.2) is 4.79 Å². The molecule has 1 atom stereocenters. The third-order valence-corrected chi connectivity index (χ3v) is 4.33. The van der Waals surface area contributed by atoms with Crippen LogP contribution in [0.25, 0.3) is 0 Å². The molecule has 1 aromatic heterocycles. The number of aromatic nitrogens is 2. The molecule has 1 aliphatic heterocycles. The van der Waals surface area contributed by atoms with Crippen molar-refractivity contribution in [3.8, 4) is 0 Å². The summed E-state index contributed by atoms with van der Waals surface area (Å²) >= 11 is 0. The predicted molar refractivity (Wildman–Crippen MR) is 87.7 cm³/mol. The van der Waals surface area contributed by atoms with Gasteiger partial charge in [-0.3, -0.25) is 0 Å². The number of benzene rings is 1. The molecular weight excluding hydrogens is 349 g/mol. The molecule has 1 saturated heterocycles. The van der Waals surface area contributed by atoms with Gasteiger partial charge in [0, 0.05) is 25.4 Å². The molecule has 1 aliphatic rings. The lowest BCUT2D eigenvalue weighted by Crippen LogP contribution is -2.42. The first kappa shape index (κ1) is 18.2. The van der Waals surface area contributed by atoms with Gasteiger partial charge in [0.05, 0.1) is 11.3 Å². The number of piperidine rings is 1. The van der Waals surface area contributed by atoms with Crippen LogP contribution in [0.1, 0.15) is 43.0 Å². The van der Waals surface area contributed by atoms with E-state index in [9.17, 15) is 18.0 Å². The number of likely N-dealkylation sites (tertiary alicyclic amines) is 1. The number of urea groups is 1. The second-order valence-corrected chi connectivity index (χ2v) is 6.16. The highest BCUT2D eigenvalue weighted by molar-refractivity contribution is 5.90. The number of rotatable bonds is 3. The molecule has 1 fully saturated rings. The van der Waals surface area contributed by atoms with Crippen molar-refractivity contribution < 1.29 is 22.5 Å². The molecule has 0 aliphatic carbocycles. The molecular formula is C17H19F3N4O2. The Kier molecular flexibility index (Phi) is 5.15. The minimum atomic E-state index is -4.53. The van der Waals surface area contributed by atoms with Crippen LogP contribution in [0.5, 0.6) is 0 Å². The van der Waals surface area contributed by atoms with Crippen LogP contribution in [0.2, 0.25) is 0 Å². The smallest absolute Gasteiger partial charge is 0.339 e. The third kappa shape index (κ3) is 3.97. The van der Waals surface area contributed by atoms with Gasteiger partial charge in [-0.15, -0.1) is 0 Å². The number of nitrogens with zero attached hydrogens (tertiary/aromatic N) is 3. The Hall–Kier alpha value is -2.58. The maximum absolute atomic E-state index is 13.1. The van der Waals surface area contributed by atoms with E-state index < -0.39 is 17.8 Å². The maximum Gasteiger partial charge on any atom is 0.418 e. The molecule has 140 valence electrons. The fourth-order valence-corrected chi connectivity index (χ4v) is 2.98. The third-order valence-electron chi connectivity index (χ3n) is 4.33. The first-order valence-corrected chi connectivity index (χ1v) is 8.43. The van der Waals surface area contributed by atoms with Crippen LogP contribution in [0.15, 0.2) is 28.8 Å². The van der Waals surface area contributed by atoms with Crippen molar-refractivity contribution in [3.05, 3.63) is 41.5 Å². The second kappa shape index (κ2) is 7.35. The molecule has 9 heteroatoms. The number of para-hydroxylation sites is 1. The molecule has 0 spiro atoms. The summed E-state index contributed by atoms with van der Waals surface area (Å²) in [6, 6.07) is 4.37. The van der Waals surface area contributed by atoms with E-state index in [4.69, 9.17) is 4.52 Å². The minimum Gasteiger partial charge on any atom is -0.339 e. The molecule has 1 aromatic carbocycles. The number of alkyl halides is 3. The van der Waals surface area contributed by atoms with Gasteiger partial charge in [-0.05, 0) is 25.0 Å². The van der Waals surface area contributed by atoms with Crippen LogP contribution >= 0.6 is 0 Å². The Balaban J connectivity index is 1.70. The lowest BCUT2D eigenvalue weighted by Gasteiger charge is -2.31. The van der Waals surface area contributed by atoms with E-state index in [0.29, 0.717) is 31.2 Å². The highest BCUT2D eigenvalue weighted by atomic mass is 19.4. The zero-order valence-electron chi connectivity index (χ0n) is 14.2. The van der Waals surface area contributed by atoms with E-state index in [-0.39, 0.29) is 11.6 Å². The molecule has 0 radical (unpaired) electrons. The monoisotopic (exact) mass is 368 g/mol. The summed E-state index contributed by atoms with van der Waals surface area (Å²) in [5.41, 5.74) is -1.12. The summed E-state index contributed by atoms with van der Waals surface area (Å²) in [7, 11) is 0. The van der Waals surface area contributed by atoms with Crippen molar-refractivity contribution in [2.75, 3.05) is 18.4 Å². The molecule has 26 heavy (non-hydrogen) atoms. The van der Waals surface area contributed by atoms with Gasteiger partial charge < -0.3 is 14.7 Å². The van der Waals surface area contributed by atoms with E-state index in [1.165, 1.54) is 23.1 Å². The van der Waals surface area contributed by atoms with Gasteiger partial charge in [0.2, 0.25) is 5.89 Å². The average molecular weight is 368 g/mol. The summed E-state index contributed by atoms with van der Waals surface area (Å²) in [5.74, 6) is 0.979. The zero-order chi connectivity index (χ0) is 18.7. The summed E-state index contributed by atoms with van der Waals surface area (Å²) in [5, 5.41) is 6.32. The summed E-state index contributed by atoms with van der Waals surface area (Å²) in [6.45, 7) is 2.70. The normalized spacial score (nSPS) is 18.0. The molecule has 3 rings (SSSR count). The molecule has 2 amide bonds. The number of anilines is 1. The largest absolute Gasteiger partial charge is 0.418 e. The van der Waals surface area contributed by atoms with Crippen molar-refractivity contribution >= 4 is 11.7 Å². The van der Waals surface area contributed by atoms with Crippen molar-refractivity contribution in [3.63, 3.8) is 0 Å². The van der Waals surface area contributed by atoms with E-state index in [0.717, 1.165) is 18.9 Å². The van der Waals surface area contributed by atoms with Crippen molar-refractivity contribution in [1.29, 1.82) is 0 Å². The first-order chi connectivity index (χ1) is 12.4. The number of amides is 2. The van der Waals surface area contributed by atoms with Gasteiger partial charge in [0.1, 0.15) is 0 Å². The molecule has 0 bridgehead atoms. The lowest BCUT2D eigenvalue weighted by atomic mass is 9.97. The fraction of sp³-hybridized carbons (Fsp3) is 0.471. The summed E-state index contributed by atoms with van der Waals surface area (Å²) < 4.78 is 44.3. The van der Waals surface area contributed by atoms with E-state index in [1.807, 2.05) is 6.92 Å². The van der Waals surface area contributed by atoms with Gasteiger partial charge in [-0.2, -0.15) is 18.2 Å². The van der Waals surface area contributed by atoms with Crippen LogP contribution in [0.3, 0.4) is 0 Å². The van der Waals surface area contributed by atoms with Crippen LogP contribution in [0, 0.1) is 0 Å². The minimum absolute atomic E-state index is 0.0867. The van der Waals surface area contributed by atoms with E-state index >= 15 is 0 Å². The fourth-order valence-electron chi connectivity index (χ4n) is 2.98. The number of nitrogens with one attached hydrogen (secondary N) is 1. The van der Waals surface area contributed by atoms with Crippen molar-refractivity contribution in [2.24, 2.45) is 0 Å². The Morgan fingerprint density at radius 2 is 2.15 bits per heavy atom. The number of hydrogen-bond acceptors (Lipinski definition) is 4. The van der Waals surface area contributed by atoms with Gasteiger partial charge in [0.25, 0.3) is 0 Å². The molecule has 0 saturated carbocycles. The lowest BCUT2D eigenvalue weighted by molar-refractivity contribution is -0.136. The summed E-state index contributed by atoms with van der Waals surface area (Å²) in [6.07, 6.45) is -2.39. The maximum atomic E-state index is 13.1. The Morgan fingerprint density at radius 1 is 1.38 bits per heavy atom.